The van der Waals surface area contributed by atoms with Gasteiger partial charge in [0.1, 0.15) is 0 Å². The van der Waals surface area contributed by atoms with Crippen molar-refractivity contribution < 1.29 is 22.6 Å². The Bertz CT molecular complexity index is 405. The van der Waals surface area contributed by atoms with Crippen molar-refractivity contribution in [3.05, 3.63) is 23.8 Å². The Morgan fingerprint density at radius 1 is 1.26 bits per heavy atom. The molecule has 1 unspecified atom stereocenters. The first-order valence-corrected chi connectivity index (χ1v) is 5.94. The molecule has 0 amide bonds. The van der Waals surface area contributed by atoms with Gasteiger partial charge in [-0.2, -0.15) is 13.2 Å². The summed E-state index contributed by atoms with van der Waals surface area (Å²) in [5, 5.41) is 0. The fourth-order valence-corrected chi connectivity index (χ4v) is 1.61. The predicted molar refractivity (Wildman–Crippen MR) is 66.5 cm³/mol. The molecule has 0 aromatic heterocycles. The highest BCUT2D eigenvalue weighted by Gasteiger charge is 2.27. The van der Waals surface area contributed by atoms with Crippen LogP contribution < -0.4 is 15.2 Å². The van der Waals surface area contributed by atoms with Gasteiger partial charge in [0.2, 0.25) is 0 Å². The summed E-state index contributed by atoms with van der Waals surface area (Å²) in [6, 6.07) is 5.11. The van der Waals surface area contributed by atoms with Crippen molar-refractivity contribution in [3.63, 3.8) is 0 Å². The summed E-state index contributed by atoms with van der Waals surface area (Å²) in [6.07, 6.45) is -4.54. The number of nitrogens with two attached hydrogens (primary N) is 1. The number of ether oxygens (including phenoxy) is 2. The van der Waals surface area contributed by atoms with E-state index < -0.39 is 19.2 Å². The minimum absolute atomic E-state index is 0.00158. The van der Waals surface area contributed by atoms with Gasteiger partial charge in [0.25, 0.3) is 0 Å². The molecule has 0 bridgehead atoms. The van der Waals surface area contributed by atoms with Crippen LogP contribution in [0.2, 0.25) is 0 Å². The number of rotatable bonds is 6. The van der Waals surface area contributed by atoms with Crippen LogP contribution in [0.25, 0.3) is 0 Å². The number of benzene rings is 1. The molecule has 108 valence electrons. The average molecular weight is 277 g/mol. The van der Waals surface area contributed by atoms with Gasteiger partial charge in [-0.15, -0.1) is 0 Å². The lowest BCUT2D eigenvalue weighted by Crippen LogP contribution is -2.17. The number of methoxy groups -OCH3 is 1. The van der Waals surface area contributed by atoms with Gasteiger partial charge in [-0.1, -0.05) is 6.07 Å². The monoisotopic (exact) mass is 277 g/mol. The first-order chi connectivity index (χ1) is 8.81. The van der Waals surface area contributed by atoms with Gasteiger partial charge in [0.15, 0.2) is 11.5 Å². The molecule has 0 spiro atoms. The molecule has 1 rings (SSSR count). The highest BCUT2D eigenvalue weighted by Crippen LogP contribution is 2.29. The summed E-state index contributed by atoms with van der Waals surface area (Å²) in [5.41, 5.74) is 6.64. The van der Waals surface area contributed by atoms with Crippen LogP contribution in [0, 0.1) is 0 Å². The second-order valence-electron chi connectivity index (χ2n) is 4.38. The van der Waals surface area contributed by atoms with Crippen LogP contribution in [0.1, 0.15) is 18.9 Å². The second kappa shape index (κ2) is 6.65. The summed E-state index contributed by atoms with van der Waals surface area (Å²) >= 11 is 0. The summed E-state index contributed by atoms with van der Waals surface area (Å²) < 4.78 is 46.3. The summed E-state index contributed by atoms with van der Waals surface area (Å²) in [7, 11) is 1.45. The second-order valence-corrected chi connectivity index (χ2v) is 4.38. The maximum atomic E-state index is 12.0. The minimum atomic E-state index is -4.22. The molecule has 1 aromatic carbocycles. The van der Waals surface area contributed by atoms with E-state index in [1.807, 2.05) is 6.92 Å². The van der Waals surface area contributed by atoms with Crippen molar-refractivity contribution in [1.82, 2.24) is 0 Å². The summed E-state index contributed by atoms with van der Waals surface area (Å²) in [5.74, 6) is 0.723. The zero-order valence-electron chi connectivity index (χ0n) is 11.0. The molecule has 6 heteroatoms. The molecule has 0 fully saturated rings. The Kier molecular flexibility index (Phi) is 5.47. The molecular formula is C13H18F3NO2. The quantitative estimate of drug-likeness (QED) is 0.869. The Morgan fingerprint density at radius 2 is 1.95 bits per heavy atom. The molecule has 0 saturated carbocycles. The Labute approximate surface area is 110 Å². The van der Waals surface area contributed by atoms with Crippen LogP contribution in [-0.2, 0) is 6.42 Å². The normalized spacial score (nSPS) is 13.2. The SMILES string of the molecule is COc1cc(CC(C)N)ccc1OCCC(F)(F)F. The molecule has 0 aliphatic rings. The maximum absolute atomic E-state index is 12.0. The van der Waals surface area contributed by atoms with Crippen molar-refractivity contribution in [2.75, 3.05) is 13.7 Å². The van der Waals surface area contributed by atoms with E-state index in [0.29, 0.717) is 17.9 Å². The zero-order chi connectivity index (χ0) is 14.5. The molecule has 0 radical (unpaired) electrons. The van der Waals surface area contributed by atoms with Gasteiger partial charge in [0.05, 0.1) is 20.1 Å². The molecule has 0 aliphatic carbocycles. The molecule has 1 atom stereocenters. The standard InChI is InChI=1S/C13H18F3NO2/c1-9(17)7-10-3-4-11(12(8-10)18-2)19-6-5-13(14,15)16/h3-4,8-9H,5-7,17H2,1-2H3. The van der Waals surface area contributed by atoms with Crippen LogP contribution in [-0.4, -0.2) is 25.9 Å². The summed E-state index contributed by atoms with van der Waals surface area (Å²) in [4.78, 5) is 0. The van der Waals surface area contributed by atoms with E-state index >= 15 is 0 Å². The van der Waals surface area contributed by atoms with Gasteiger partial charge in [0, 0.05) is 6.04 Å². The summed E-state index contributed by atoms with van der Waals surface area (Å²) in [6.45, 7) is 1.45. The van der Waals surface area contributed by atoms with E-state index in [1.165, 1.54) is 7.11 Å². The lowest BCUT2D eigenvalue weighted by atomic mass is 10.1. The first-order valence-electron chi connectivity index (χ1n) is 5.94. The van der Waals surface area contributed by atoms with Crippen LogP contribution in [0.5, 0.6) is 11.5 Å². The number of hydrogen-bond donors (Lipinski definition) is 1. The van der Waals surface area contributed by atoms with E-state index in [0.717, 1.165) is 5.56 Å². The number of hydrogen-bond acceptors (Lipinski definition) is 3. The third-order valence-corrected chi connectivity index (χ3v) is 2.43. The van der Waals surface area contributed by atoms with Crippen molar-refractivity contribution in [2.24, 2.45) is 5.73 Å². The highest BCUT2D eigenvalue weighted by atomic mass is 19.4. The molecule has 0 heterocycles. The Balaban J connectivity index is 2.68. The molecule has 0 saturated heterocycles. The van der Waals surface area contributed by atoms with Crippen molar-refractivity contribution in [1.29, 1.82) is 0 Å². The lowest BCUT2D eigenvalue weighted by molar-refractivity contribution is -0.139. The number of alkyl halides is 3. The maximum Gasteiger partial charge on any atom is 0.392 e. The van der Waals surface area contributed by atoms with Crippen molar-refractivity contribution >= 4 is 0 Å². The molecule has 3 nitrogen and oxygen atoms in total. The zero-order valence-corrected chi connectivity index (χ0v) is 11.0. The van der Waals surface area contributed by atoms with Gasteiger partial charge < -0.3 is 15.2 Å². The third-order valence-electron chi connectivity index (χ3n) is 2.43. The van der Waals surface area contributed by atoms with Gasteiger partial charge >= 0.3 is 6.18 Å². The van der Waals surface area contributed by atoms with E-state index in [2.05, 4.69) is 0 Å². The predicted octanol–water partition coefficient (Wildman–Crippen LogP) is 2.92. The highest BCUT2D eigenvalue weighted by molar-refractivity contribution is 5.43. The van der Waals surface area contributed by atoms with Crippen LogP contribution in [0.4, 0.5) is 13.2 Å². The van der Waals surface area contributed by atoms with Crippen LogP contribution in [0.3, 0.4) is 0 Å². The molecule has 2 N–H and O–H groups in total. The molecule has 1 aromatic rings. The minimum Gasteiger partial charge on any atom is -0.493 e. The van der Waals surface area contributed by atoms with Crippen molar-refractivity contribution in [3.8, 4) is 11.5 Å². The fraction of sp³-hybridized carbons (Fsp3) is 0.538. The first kappa shape index (κ1) is 15.6. The molecular weight excluding hydrogens is 259 g/mol. The van der Waals surface area contributed by atoms with Gasteiger partial charge in [-0.3, -0.25) is 0 Å². The van der Waals surface area contributed by atoms with E-state index in [1.54, 1.807) is 18.2 Å². The fourth-order valence-electron chi connectivity index (χ4n) is 1.61. The number of halogens is 3. The van der Waals surface area contributed by atoms with Gasteiger partial charge in [-0.05, 0) is 31.0 Å². The topological polar surface area (TPSA) is 44.5 Å². The van der Waals surface area contributed by atoms with E-state index in [9.17, 15) is 13.2 Å². The van der Waals surface area contributed by atoms with Gasteiger partial charge in [-0.25, -0.2) is 0 Å². The third kappa shape index (κ3) is 5.83. The van der Waals surface area contributed by atoms with E-state index in [-0.39, 0.29) is 6.04 Å². The molecule has 0 aliphatic heterocycles. The van der Waals surface area contributed by atoms with Crippen LogP contribution >= 0.6 is 0 Å². The largest absolute Gasteiger partial charge is 0.493 e. The Hall–Kier alpha value is -1.43. The Morgan fingerprint density at radius 3 is 2.47 bits per heavy atom. The van der Waals surface area contributed by atoms with E-state index in [4.69, 9.17) is 15.2 Å². The smallest absolute Gasteiger partial charge is 0.392 e. The molecule has 19 heavy (non-hydrogen) atoms. The lowest BCUT2D eigenvalue weighted by Gasteiger charge is -2.13. The van der Waals surface area contributed by atoms with Crippen LogP contribution in [0.15, 0.2) is 18.2 Å². The average Bonchev–Trinajstić information content (AvgIpc) is 2.28. The van der Waals surface area contributed by atoms with Crippen molar-refractivity contribution in [2.45, 2.75) is 32.0 Å².